The molecule has 0 aromatic carbocycles. The Balaban J connectivity index is 2.17. The van der Waals surface area contributed by atoms with E-state index in [0.717, 1.165) is 0 Å². The number of oxazole rings is 1. The number of rotatable bonds is 2. The molecular formula is C9H7ClN4O2. The van der Waals surface area contributed by atoms with Crippen molar-refractivity contribution in [1.29, 1.82) is 0 Å². The van der Waals surface area contributed by atoms with E-state index in [-0.39, 0.29) is 11.0 Å². The largest absolute Gasteiger partial charge is 0.438 e. The first-order chi connectivity index (χ1) is 7.66. The maximum atomic E-state index is 11.7. The van der Waals surface area contributed by atoms with Gasteiger partial charge in [0.2, 0.25) is 11.0 Å². The summed E-state index contributed by atoms with van der Waals surface area (Å²) in [6, 6.07) is 1.52. The third kappa shape index (κ3) is 2.17. The van der Waals surface area contributed by atoms with Gasteiger partial charge in [0, 0.05) is 6.20 Å². The molecule has 82 valence electrons. The fourth-order valence-corrected chi connectivity index (χ4v) is 1.24. The number of hydrogen-bond donors (Lipinski definition) is 1. The first-order valence-corrected chi connectivity index (χ1v) is 4.74. The molecule has 16 heavy (non-hydrogen) atoms. The Morgan fingerprint density at radius 1 is 1.50 bits per heavy atom. The molecule has 0 saturated heterocycles. The van der Waals surface area contributed by atoms with Crippen molar-refractivity contribution < 1.29 is 9.21 Å². The minimum atomic E-state index is -0.426. The smallest absolute Gasteiger partial charge is 0.294 e. The molecular weight excluding hydrogens is 232 g/mol. The van der Waals surface area contributed by atoms with E-state index >= 15 is 0 Å². The fourth-order valence-electron chi connectivity index (χ4n) is 1.10. The summed E-state index contributed by atoms with van der Waals surface area (Å²) in [6.07, 6.45) is 2.65. The molecule has 2 aromatic heterocycles. The molecule has 7 heteroatoms. The van der Waals surface area contributed by atoms with Crippen molar-refractivity contribution in [3.05, 3.63) is 35.4 Å². The lowest BCUT2D eigenvalue weighted by Gasteiger charge is -2.01. The Labute approximate surface area is 95.7 Å². The van der Waals surface area contributed by atoms with Gasteiger partial charge in [-0.15, -0.1) is 0 Å². The first kappa shape index (κ1) is 10.6. The molecule has 2 heterocycles. The molecule has 0 saturated carbocycles. The topological polar surface area (TPSA) is 80.9 Å². The Bertz CT molecular complexity index is 526. The second-order valence-corrected chi connectivity index (χ2v) is 3.27. The minimum Gasteiger partial charge on any atom is -0.438 e. The predicted molar refractivity (Wildman–Crippen MR) is 56.2 cm³/mol. The lowest BCUT2D eigenvalue weighted by Crippen LogP contribution is -2.13. The summed E-state index contributed by atoms with van der Waals surface area (Å²) in [5, 5.41) is 2.58. The normalized spacial score (nSPS) is 10.1. The van der Waals surface area contributed by atoms with Crippen molar-refractivity contribution in [3.63, 3.8) is 0 Å². The van der Waals surface area contributed by atoms with Gasteiger partial charge in [0.25, 0.3) is 5.91 Å². The van der Waals surface area contributed by atoms with E-state index in [0.29, 0.717) is 11.5 Å². The van der Waals surface area contributed by atoms with E-state index in [2.05, 4.69) is 20.3 Å². The van der Waals surface area contributed by atoms with Crippen LogP contribution in [0.25, 0.3) is 0 Å². The second-order valence-electron chi connectivity index (χ2n) is 2.93. The van der Waals surface area contributed by atoms with E-state index in [4.69, 9.17) is 16.0 Å². The highest BCUT2D eigenvalue weighted by Gasteiger charge is 2.14. The highest BCUT2D eigenvalue weighted by atomic mass is 35.5. The van der Waals surface area contributed by atoms with Crippen molar-refractivity contribution in [2.45, 2.75) is 6.92 Å². The molecule has 2 rings (SSSR count). The van der Waals surface area contributed by atoms with Gasteiger partial charge in [-0.1, -0.05) is 0 Å². The van der Waals surface area contributed by atoms with Gasteiger partial charge in [-0.3, -0.25) is 4.79 Å². The summed E-state index contributed by atoms with van der Waals surface area (Å²) >= 11 is 5.58. The number of anilines is 1. The molecule has 0 unspecified atom stereocenters. The van der Waals surface area contributed by atoms with E-state index in [9.17, 15) is 4.79 Å². The fraction of sp³-hybridized carbons (Fsp3) is 0.111. The summed E-state index contributed by atoms with van der Waals surface area (Å²) in [5.41, 5.74) is 0.512. The number of carbonyl (C=O) groups is 1. The standard InChI is InChI=1S/C9H7ClN4O2/c1-5-7(16-4-12-5)8(15)13-6-2-3-11-9(10)14-6/h2-4H,1H3,(H,11,13,14,15). The third-order valence-electron chi connectivity index (χ3n) is 1.82. The van der Waals surface area contributed by atoms with Crippen LogP contribution in [0.2, 0.25) is 5.28 Å². The molecule has 6 nitrogen and oxygen atoms in total. The van der Waals surface area contributed by atoms with Crippen LogP contribution in [-0.2, 0) is 0 Å². The van der Waals surface area contributed by atoms with Crippen molar-refractivity contribution in [3.8, 4) is 0 Å². The molecule has 1 N–H and O–H groups in total. The Hall–Kier alpha value is -1.95. The van der Waals surface area contributed by atoms with Gasteiger partial charge in [0.15, 0.2) is 6.39 Å². The zero-order chi connectivity index (χ0) is 11.5. The van der Waals surface area contributed by atoms with Crippen molar-refractivity contribution in [2.75, 3.05) is 5.32 Å². The lowest BCUT2D eigenvalue weighted by molar-refractivity contribution is 0.0995. The van der Waals surface area contributed by atoms with Crippen molar-refractivity contribution in [1.82, 2.24) is 15.0 Å². The van der Waals surface area contributed by atoms with Crippen molar-refractivity contribution in [2.24, 2.45) is 0 Å². The van der Waals surface area contributed by atoms with Gasteiger partial charge in [0.05, 0.1) is 5.69 Å². The van der Waals surface area contributed by atoms with E-state index in [1.54, 1.807) is 6.92 Å². The summed E-state index contributed by atoms with van der Waals surface area (Å²) in [4.78, 5) is 23.0. The molecule has 0 aliphatic heterocycles. The molecule has 1 amide bonds. The Morgan fingerprint density at radius 3 is 2.94 bits per heavy atom. The Kier molecular flexibility index (Phi) is 2.82. The van der Waals surface area contributed by atoms with Gasteiger partial charge in [-0.05, 0) is 24.6 Å². The number of nitrogens with zero attached hydrogens (tertiary/aromatic N) is 3. The second kappa shape index (κ2) is 4.28. The SMILES string of the molecule is Cc1ncoc1C(=O)Nc1ccnc(Cl)n1. The lowest BCUT2D eigenvalue weighted by atomic mass is 10.3. The van der Waals surface area contributed by atoms with Crippen LogP contribution >= 0.6 is 11.6 Å². The minimum absolute atomic E-state index is 0.0621. The van der Waals surface area contributed by atoms with Gasteiger partial charge in [-0.2, -0.15) is 0 Å². The van der Waals surface area contributed by atoms with Gasteiger partial charge >= 0.3 is 0 Å². The zero-order valence-electron chi connectivity index (χ0n) is 8.27. The molecule has 0 spiro atoms. The van der Waals surface area contributed by atoms with Crippen LogP contribution in [0, 0.1) is 6.92 Å². The van der Waals surface area contributed by atoms with Crippen LogP contribution in [0.15, 0.2) is 23.1 Å². The van der Waals surface area contributed by atoms with E-state index in [1.807, 2.05) is 0 Å². The van der Waals surface area contributed by atoms with Crippen LogP contribution in [-0.4, -0.2) is 20.9 Å². The number of halogens is 1. The molecule has 0 fully saturated rings. The zero-order valence-corrected chi connectivity index (χ0v) is 9.02. The average Bonchev–Trinajstić information content (AvgIpc) is 2.64. The van der Waals surface area contributed by atoms with E-state index in [1.165, 1.54) is 18.7 Å². The number of amides is 1. The van der Waals surface area contributed by atoms with Crippen LogP contribution in [0.3, 0.4) is 0 Å². The molecule has 0 aliphatic rings. The number of nitrogens with one attached hydrogen (secondary N) is 1. The monoisotopic (exact) mass is 238 g/mol. The van der Waals surface area contributed by atoms with Gasteiger partial charge in [-0.25, -0.2) is 15.0 Å². The van der Waals surface area contributed by atoms with Gasteiger partial charge in [0.1, 0.15) is 5.82 Å². The van der Waals surface area contributed by atoms with Crippen LogP contribution in [0.4, 0.5) is 5.82 Å². The first-order valence-electron chi connectivity index (χ1n) is 4.37. The number of aryl methyl sites for hydroxylation is 1. The maximum Gasteiger partial charge on any atom is 0.294 e. The summed E-state index contributed by atoms with van der Waals surface area (Å²) in [6.45, 7) is 1.67. The van der Waals surface area contributed by atoms with E-state index < -0.39 is 5.91 Å². The molecule has 0 bridgehead atoms. The highest BCUT2D eigenvalue weighted by Crippen LogP contribution is 2.10. The van der Waals surface area contributed by atoms with Gasteiger partial charge < -0.3 is 9.73 Å². The average molecular weight is 239 g/mol. The molecule has 0 atom stereocenters. The molecule has 0 radical (unpaired) electrons. The van der Waals surface area contributed by atoms with Crippen LogP contribution in [0.1, 0.15) is 16.2 Å². The number of carbonyl (C=O) groups excluding carboxylic acids is 1. The highest BCUT2D eigenvalue weighted by molar-refractivity contribution is 6.28. The van der Waals surface area contributed by atoms with Crippen LogP contribution < -0.4 is 5.32 Å². The summed E-state index contributed by atoms with van der Waals surface area (Å²) in [5.74, 6) is 0.0281. The quantitative estimate of drug-likeness (QED) is 0.805. The molecule has 0 aliphatic carbocycles. The summed E-state index contributed by atoms with van der Waals surface area (Å²) < 4.78 is 4.93. The predicted octanol–water partition coefficient (Wildman–Crippen LogP) is 1.68. The maximum absolute atomic E-state index is 11.7. The Morgan fingerprint density at radius 2 is 2.31 bits per heavy atom. The van der Waals surface area contributed by atoms with Crippen molar-refractivity contribution >= 4 is 23.3 Å². The number of aromatic nitrogens is 3. The molecule has 2 aromatic rings. The summed E-state index contributed by atoms with van der Waals surface area (Å²) in [7, 11) is 0. The van der Waals surface area contributed by atoms with Crippen LogP contribution in [0.5, 0.6) is 0 Å². The third-order valence-corrected chi connectivity index (χ3v) is 2.00. The number of hydrogen-bond acceptors (Lipinski definition) is 5.